The first kappa shape index (κ1) is 34.2. The van der Waals surface area contributed by atoms with Crippen molar-refractivity contribution in [1.29, 1.82) is 0 Å². The molecular weight excluding hydrogens is 691 g/mol. The number of aryl methyl sites for hydroxylation is 4. The first-order valence-corrected chi connectivity index (χ1v) is 17.8. The SMILES string of the molecule is Cc1ccc(C2=C3C=CC(=N3)C(c3ccc(C)cc3)=c3ccc([n-]3)=C(c3ccc(C)cc3)C3C=CC(=C(c4ccc(C)cc4)c4ccc2[n-]4)[N-]3)cc1.[Co+3]. The van der Waals surface area contributed by atoms with E-state index in [4.69, 9.17) is 20.3 Å². The zero-order valence-electron chi connectivity index (χ0n) is 30.1. The van der Waals surface area contributed by atoms with Gasteiger partial charge < -0.3 is 15.3 Å². The monoisotopic (exact) mass is 728 g/mol. The van der Waals surface area contributed by atoms with Crippen molar-refractivity contribution in [1.82, 2.24) is 9.97 Å². The van der Waals surface area contributed by atoms with Crippen molar-refractivity contribution in [3.63, 3.8) is 0 Å². The minimum atomic E-state index is -0.232. The van der Waals surface area contributed by atoms with Crippen LogP contribution in [0.25, 0.3) is 27.6 Å². The Morgan fingerprint density at radius 3 is 1.53 bits per heavy atom. The van der Waals surface area contributed by atoms with Crippen LogP contribution >= 0.6 is 0 Å². The van der Waals surface area contributed by atoms with E-state index in [-0.39, 0.29) is 22.8 Å². The first-order chi connectivity index (χ1) is 25.4. The molecule has 0 aliphatic carbocycles. The largest absolute Gasteiger partial charge is 3.00 e. The molecule has 1 atom stereocenters. The zero-order chi connectivity index (χ0) is 35.3. The van der Waals surface area contributed by atoms with E-state index < -0.39 is 0 Å². The molecule has 0 spiro atoms. The van der Waals surface area contributed by atoms with Gasteiger partial charge in [-0.15, -0.1) is 27.8 Å². The molecule has 53 heavy (non-hydrogen) atoms. The summed E-state index contributed by atoms with van der Waals surface area (Å²) in [6.07, 6.45) is 8.61. The summed E-state index contributed by atoms with van der Waals surface area (Å²) in [5, 5.41) is 7.24. The van der Waals surface area contributed by atoms with Crippen LogP contribution in [-0.4, -0.2) is 11.8 Å². The van der Waals surface area contributed by atoms with E-state index in [1.165, 1.54) is 22.3 Å². The van der Waals surface area contributed by atoms with Gasteiger partial charge in [-0.1, -0.05) is 167 Å². The molecule has 0 fully saturated rings. The third-order valence-electron chi connectivity index (χ3n) is 10.1. The summed E-state index contributed by atoms with van der Waals surface area (Å²) < 4.78 is 0. The van der Waals surface area contributed by atoms with Crippen molar-refractivity contribution in [2.75, 3.05) is 0 Å². The van der Waals surface area contributed by atoms with Crippen LogP contribution in [0.1, 0.15) is 55.9 Å². The van der Waals surface area contributed by atoms with Crippen molar-refractivity contribution in [3.8, 4) is 0 Å². The molecule has 3 aliphatic rings. The van der Waals surface area contributed by atoms with Gasteiger partial charge in [-0.2, -0.15) is 0 Å². The fraction of sp³-hybridized carbons (Fsp3) is 0.104. The Bertz CT molecular complexity index is 2640. The van der Waals surface area contributed by atoms with Crippen LogP contribution in [0.15, 0.2) is 162 Å². The number of fused-ring (bicyclic) bond motifs is 7. The third-order valence-corrected chi connectivity index (χ3v) is 10.1. The van der Waals surface area contributed by atoms with Crippen molar-refractivity contribution in [3.05, 3.63) is 229 Å². The number of hydrogen-bond acceptors (Lipinski definition) is 1. The molecule has 6 aromatic rings. The third kappa shape index (κ3) is 6.43. The summed E-state index contributed by atoms with van der Waals surface area (Å²) in [5.41, 5.74) is 17.6. The number of aromatic nitrogens is 2. The Hall–Kier alpha value is -5.88. The van der Waals surface area contributed by atoms with E-state index >= 15 is 0 Å². The molecule has 4 aromatic carbocycles. The Balaban J connectivity index is 0.00000400. The second-order valence-corrected chi connectivity index (χ2v) is 14.0. The Morgan fingerprint density at radius 2 is 0.943 bits per heavy atom. The molecule has 1 unspecified atom stereocenters. The topological polar surface area (TPSA) is 54.7 Å². The number of allylic oxidation sites excluding steroid dienone is 3. The van der Waals surface area contributed by atoms with Gasteiger partial charge >= 0.3 is 16.8 Å². The summed E-state index contributed by atoms with van der Waals surface area (Å²) in [7, 11) is 0. The van der Waals surface area contributed by atoms with Gasteiger partial charge in [0.2, 0.25) is 0 Å². The molecule has 8 bridgehead atoms. The molecular formula is C48H37CoN4. The van der Waals surface area contributed by atoms with Crippen LogP contribution in [0.5, 0.6) is 0 Å². The molecule has 0 radical (unpaired) electrons. The molecule has 0 amide bonds. The quantitative estimate of drug-likeness (QED) is 0.182. The molecule has 9 rings (SSSR count). The van der Waals surface area contributed by atoms with Gasteiger partial charge in [0.05, 0.1) is 11.4 Å². The van der Waals surface area contributed by atoms with Crippen LogP contribution in [0.2, 0.25) is 0 Å². The van der Waals surface area contributed by atoms with Gasteiger partial charge in [0.1, 0.15) is 0 Å². The maximum atomic E-state index is 5.46. The second-order valence-electron chi connectivity index (χ2n) is 14.0. The van der Waals surface area contributed by atoms with Crippen LogP contribution in [0, 0.1) is 27.7 Å². The molecule has 2 aromatic heterocycles. The maximum Gasteiger partial charge on any atom is 3.00 e. The Labute approximate surface area is 321 Å². The minimum Gasteiger partial charge on any atom is -0.674 e. The molecule has 3 aliphatic heterocycles. The van der Waals surface area contributed by atoms with Crippen LogP contribution < -0.4 is 20.7 Å². The van der Waals surface area contributed by atoms with Gasteiger partial charge in [-0.3, -0.25) is 0 Å². The standard InChI is InChI=1S/C48H37N4.Co/c1-29-5-13-33(14-6-29)45-37-21-23-39(49-37)46(34-15-7-30(2)8-16-34)41-25-27-43(51-41)48(36-19-11-32(4)12-20-36)44-28-26-42(52-44)47(40-24-22-38(45)50-40)35-17-9-31(3)10-18-35;/h5-28,37H,1-4H3;/q-3;+3. The minimum absolute atomic E-state index is 0. The summed E-state index contributed by atoms with van der Waals surface area (Å²) in [5.74, 6) is 0. The van der Waals surface area contributed by atoms with E-state index in [0.29, 0.717) is 0 Å². The summed E-state index contributed by atoms with van der Waals surface area (Å²) in [6, 6.07) is 42.9. The summed E-state index contributed by atoms with van der Waals surface area (Å²) in [4.78, 5) is 16.2. The number of rotatable bonds is 4. The van der Waals surface area contributed by atoms with Crippen molar-refractivity contribution in [2.45, 2.75) is 33.7 Å². The van der Waals surface area contributed by atoms with Gasteiger partial charge in [-0.25, -0.2) is 4.99 Å². The number of aliphatic imine (C=N–C) groups is 1. The molecule has 258 valence electrons. The van der Waals surface area contributed by atoms with Crippen LogP contribution in [0.3, 0.4) is 0 Å². The summed E-state index contributed by atoms with van der Waals surface area (Å²) >= 11 is 0. The second kappa shape index (κ2) is 13.9. The first-order valence-electron chi connectivity index (χ1n) is 17.8. The van der Waals surface area contributed by atoms with E-state index in [1.807, 2.05) is 0 Å². The number of hydrogen-bond donors (Lipinski definition) is 0. The molecule has 4 nitrogen and oxygen atoms in total. The zero-order valence-corrected chi connectivity index (χ0v) is 31.1. The van der Waals surface area contributed by atoms with Gasteiger partial charge in [-0.05, 0) is 78.8 Å². The average molecular weight is 729 g/mol. The fourth-order valence-electron chi connectivity index (χ4n) is 7.30. The number of nitrogens with zero attached hydrogens (tertiary/aromatic N) is 4. The van der Waals surface area contributed by atoms with Crippen molar-refractivity contribution < 1.29 is 16.8 Å². The average Bonchev–Trinajstić information content (AvgIpc) is 3.99. The van der Waals surface area contributed by atoms with Crippen molar-refractivity contribution >= 4 is 28.0 Å². The van der Waals surface area contributed by atoms with Crippen molar-refractivity contribution in [2.24, 2.45) is 4.99 Å². The normalized spacial score (nSPS) is 16.2. The molecule has 0 saturated heterocycles. The maximum absolute atomic E-state index is 5.46. The van der Waals surface area contributed by atoms with E-state index in [9.17, 15) is 0 Å². The smallest absolute Gasteiger partial charge is 0.674 e. The molecule has 5 heterocycles. The predicted molar refractivity (Wildman–Crippen MR) is 213 cm³/mol. The predicted octanol–water partition coefficient (Wildman–Crippen LogP) is 8.79. The number of benzene rings is 4. The molecule has 0 N–H and O–H groups in total. The molecule has 5 heteroatoms. The van der Waals surface area contributed by atoms with Crippen LogP contribution in [-0.2, 0) is 16.8 Å². The van der Waals surface area contributed by atoms with E-state index in [1.54, 1.807) is 0 Å². The Morgan fingerprint density at radius 1 is 0.453 bits per heavy atom. The van der Waals surface area contributed by atoms with E-state index in [0.717, 1.165) is 83.7 Å². The van der Waals surface area contributed by atoms with Crippen LogP contribution in [0.4, 0.5) is 0 Å². The van der Waals surface area contributed by atoms with Gasteiger partial charge in [0.25, 0.3) is 0 Å². The van der Waals surface area contributed by atoms with Gasteiger partial charge in [0, 0.05) is 0 Å². The summed E-state index contributed by atoms with van der Waals surface area (Å²) in [6.45, 7) is 8.46. The van der Waals surface area contributed by atoms with Gasteiger partial charge in [0.15, 0.2) is 0 Å². The Kier molecular flexibility index (Phi) is 8.99. The fourth-order valence-corrected chi connectivity index (χ4v) is 7.30. The molecule has 0 saturated carbocycles. The van der Waals surface area contributed by atoms with E-state index in [2.05, 4.69) is 173 Å².